The number of fused-ring (bicyclic) bond motifs is 1. The van der Waals surface area contributed by atoms with Gasteiger partial charge < -0.3 is 14.9 Å². The summed E-state index contributed by atoms with van der Waals surface area (Å²) in [5, 5.41) is 19.0. The van der Waals surface area contributed by atoms with E-state index in [4.69, 9.17) is 4.74 Å². The number of aromatic hydroxyl groups is 2. The lowest BCUT2D eigenvalue weighted by Gasteiger charge is -2.25. The molecule has 0 amide bonds. The highest BCUT2D eigenvalue weighted by atomic mass is 16.5. The van der Waals surface area contributed by atoms with Gasteiger partial charge in [0.15, 0.2) is 0 Å². The van der Waals surface area contributed by atoms with Crippen molar-refractivity contribution in [1.82, 2.24) is 0 Å². The Hall–Kier alpha value is -1.38. The van der Waals surface area contributed by atoms with Crippen LogP contribution in [0.1, 0.15) is 31.2 Å². The fraction of sp³-hybridized carbons (Fsp3) is 0.455. The Labute approximate surface area is 83.0 Å². The van der Waals surface area contributed by atoms with Gasteiger partial charge in [0.25, 0.3) is 0 Å². The van der Waals surface area contributed by atoms with Gasteiger partial charge in [0.2, 0.25) is 0 Å². The van der Waals surface area contributed by atoms with Crippen LogP contribution in [0.15, 0.2) is 12.1 Å². The smallest absolute Gasteiger partial charge is 0.130 e. The van der Waals surface area contributed by atoms with Gasteiger partial charge in [-0.2, -0.15) is 0 Å². The zero-order valence-electron chi connectivity index (χ0n) is 8.16. The van der Waals surface area contributed by atoms with Crippen LogP contribution >= 0.6 is 0 Å². The van der Waals surface area contributed by atoms with Crippen LogP contribution in [0.3, 0.4) is 0 Å². The van der Waals surface area contributed by atoms with E-state index in [1.807, 2.05) is 0 Å². The predicted molar refractivity (Wildman–Crippen MR) is 52.9 cm³/mol. The van der Waals surface area contributed by atoms with Gasteiger partial charge >= 0.3 is 0 Å². The zero-order chi connectivity index (χ0) is 10.1. The van der Waals surface area contributed by atoms with Crippen LogP contribution in [0.4, 0.5) is 0 Å². The molecule has 0 spiro atoms. The van der Waals surface area contributed by atoms with E-state index < -0.39 is 0 Å². The monoisotopic (exact) mass is 194 g/mol. The summed E-state index contributed by atoms with van der Waals surface area (Å²) < 4.78 is 5.40. The second kappa shape index (κ2) is 3.40. The molecular formula is C11H14O3. The lowest BCUT2D eigenvalue weighted by molar-refractivity contribution is 0.258. The molecule has 0 saturated carbocycles. The fourth-order valence-corrected chi connectivity index (χ4v) is 1.99. The summed E-state index contributed by atoms with van der Waals surface area (Å²) in [6.45, 7) is 2.75. The lowest BCUT2D eigenvalue weighted by Crippen LogP contribution is -2.13. The Balaban J connectivity index is 2.51. The molecule has 0 aromatic heterocycles. The molecule has 0 saturated heterocycles. The molecule has 0 radical (unpaired) electrons. The normalized spacial score (nSPS) is 19.9. The average Bonchev–Trinajstić information content (AvgIpc) is 2.16. The number of phenolic OH excluding ortho intramolecular Hbond substituents is 2. The van der Waals surface area contributed by atoms with Crippen LogP contribution in [0.2, 0.25) is 0 Å². The fourth-order valence-electron chi connectivity index (χ4n) is 1.99. The summed E-state index contributed by atoms with van der Waals surface area (Å²) in [6.07, 6.45) is 1.91. The summed E-state index contributed by atoms with van der Waals surface area (Å²) in [5.41, 5.74) is 0.844. The van der Waals surface area contributed by atoms with Gasteiger partial charge in [0.05, 0.1) is 6.61 Å². The summed E-state index contributed by atoms with van der Waals surface area (Å²) in [5.74, 6) is 1.17. The van der Waals surface area contributed by atoms with Crippen molar-refractivity contribution in [2.24, 2.45) is 0 Å². The van der Waals surface area contributed by atoms with Crippen molar-refractivity contribution >= 4 is 0 Å². The predicted octanol–water partition coefficient (Wildman–Crippen LogP) is 2.37. The third-order valence-corrected chi connectivity index (χ3v) is 2.73. The molecule has 2 N–H and O–H groups in total. The average molecular weight is 194 g/mol. The third-order valence-electron chi connectivity index (χ3n) is 2.73. The van der Waals surface area contributed by atoms with E-state index >= 15 is 0 Å². The minimum atomic E-state index is 0.0537. The van der Waals surface area contributed by atoms with Crippen molar-refractivity contribution < 1.29 is 14.9 Å². The van der Waals surface area contributed by atoms with Crippen LogP contribution < -0.4 is 4.74 Å². The van der Waals surface area contributed by atoms with Crippen molar-refractivity contribution in [2.45, 2.75) is 25.7 Å². The molecule has 1 aromatic carbocycles. The lowest BCUT2D eigenvalue weighted by atomic mass is 9.90. The Kier molecular flexibility index (Phi) is 2.23. The number of hydrogen-bond acceptors (Lipinski definition) is 3. The van der Waals surface area contributed by atoms with Crippen LogP contribution in [0.5, 0.6) is 17.2 Å². The molecule has 1 aliphatic heterocycles. The van der Waals surface area contributed by atoms with E-state index in [0.29, 0.717) is 18.3 Å². The van der Waals surface area contributed by atoms with Crippen LogP contribution in [-0.4, -0.2) is 16.8 Å². The van der Waals surface area contributed by atoms with E-state index in [1.54, 1.807) is 6.07 Å². The van der Waals surface area contributed by atoms with Gasteiger partial charge in [-0.3, -0.25) is 0 Å². The molecule has 0 fully saturated rings. The summed E-state index contributed by atoms with van der Waals surface area (Å²) in [4.78, 5) is 0. The standard InChI is InChI=1S/C11H14O3/c1-2-7-3-4-14-10-6-8(12)5-9(13)11(7)10/h5-7,12-13H,2-4H2,1H3/t7-/m1/s1. The Morgan fingerprint density at radius 1 is 1.43 bits per heavy atom. The molecule has 76 valence electrons. The second-order valence-electron chi connectivity index (χ2n) is 3.62. The molecule has 1 atom stereocenters. The molecule has 0 aliphatic carbocycles. The summed E-state index contributed by atoms with van der Waals surface area (Å²) in [7, 11) is 0. The Morgan fingerprint density at radius 3 is 2.93 bits per heavy atom. The van der Waals surface area contributed by atoms with Gasteiger partial charge in [-0.05, 0) is 18.8 Å². The van der Waals surface area contributed by atoms with Crippen molar-refractivity contribution in [3.63, 3.8) is 0 Å². The first-order valence-corrected chi connectivity index (χ1v) is 4.91. The first-order chi connectivity index (χ1) is 6.72. The number of phenols is 2. The van der Waals surface area contributed by atoms with Gasteiger partial charge in [0, 0.05) is 17.7 Å². The molecule has 1 heterocycles. The quantitative estimate of drug-likeness (QED) is 0.721. The van der Waals surface area contributed by atoms with Crippen LogP contribution in [0, 0.1) is 0 Å². The van der Waals surface area contributed by atoms with Gasteiger partial charge in [0.1, 0.15) is 17.2 Å². The van der Waals surface area contributed by atoms with E-state index in [2.05, 4.69) is 6.92 Å². The van der Waals surface area contributed by atoms with Crippen molar-refractivity contribution in [1.29, 1.82) is 0 Å². The molecule has 14 heavy (non-hydrogen) atoms. The molecule has 2 rings (SSSR count). The van der Waals surface area contributed by atoms with E-state index in [0.717, 1.165) is 18.4 Å². The number of benzene rings is 1. The molecule has 1 aliphatic rings. The number of hydrogen-bond donors (Lipinski definition) is 2. The molecular weight excluding hydrogens is 180 g/mol. The minimum Gasteiger partial charge on any atom is -0.508 e. The van der Waals surface area contributed by atoms with Crippen LogP contribution in [-0.2, 0) is 0 Å². The van der Waals surface area contributed by atoms with Crippen molar-refractivity contribution in [2.75, 3.05) is 6.61 Å². The van der Waals surface area contributed by atoms with Crippen molar-refractivity contribution in [3.05, 3.63) is 17.7 Å². The Morgan fingerprint density at radius 2 is 2.21 bits per heavy atom. The molecule has 1 aromatic rings. The second-order valence-corrected chi connectivity index (χ2v) is 3.62. The third kappa shape index (κ3) is 1.39. The molecule has 3 nitrogen and oxygen atoms in total. The topological polar surface area (TPSA) is 49.7 Å². The maximum absolute atomic E-state index is 9.70. The highest BCUT2D eigenvalue weighted by molar-refractivity contribution is 5.52. The molecule has 0 unspecified atom stereocenters. The van der Waals surface area contributed by atoms with E-state index in [-0.39, 0.29) is 11.5 Å². The summed E-state index contributed by atoms with van der Waals surface area (Å²) in [6, 6.07) is 2.94. The Bertz CT molecular complexity index is 347. The highest BCUT2D eigenvalue weighted by Crippen LogP contribution is 2.43. The van der Waals surface area contributed by atoms with Gasteiger partial charge in [-0.25, -0.2) is 0 Å². The van der Waals surface area contributed by atoms with Gasteiger partial charge in [-0.1, -0.05) is 6.92 Å². The maximum atomic E-state index is 9.70. The SMILES string of the molecule is CC[C@@H]1CCOc2cc(O)cc(O)c21. The number of ether oxygens (including phenoxy) is 1. The summed E-state index contributed by atoms with van der Waals surface area (Å²) >= 11 is 0. The number of rotatable bonds is 1. The maximum Gasteiger partial charge on any atom is 0.130 e. The first-order valence-electron chi connectivity index (χ1n) is 4.91. The molecule has 3 heteroatoms. The first kappa shape index (κ1) is 9.19. The minimum absolute atomic E-state index is 0.0537. The highest BCUT2D eigenvalue weighted by Gasteiger charge is 2.24. The van der Waals surface area contributed by atoms with Crippen LogP contribution in [0.25, 0.3) is 0 Å². The largest absolute Gasteiger partial charge is 0.508 e. The van der Waals surface area contributed by atoms with E-state index in [1.165, 1.54) is 6.07 Å². The molecule has 0 bridgehead atoms. The zero-order valence-corrected chi connectivity index (χ0v) is 8.16. The van der Waals surface area contributed by atoms with Gasteiger partial charge in [-0.15, -0.1) is 0 Å². The van der Waals surface area contributed by atoms with E-state index in [9.17, 15) is 10.2 Å². The van der Waals surface area contributed by atoms with Crippen molar-refractivity contribution in [3.8, 4) is 17.2 Å².